The minimum Gasteiger partial charge on any atom is -0.0616 e. The maximum absolute atomic E-state index is 2.51. The van der Waals surface area contributed by atoms with Gasteiger partial charge in [-0.25, -0.2) is 0 Å². The zero-order chi connectivity index (χ0) is 13.0. The van der Waals surface area contributed by atoms with Gasteiger partial charge in [0.25, 0.3) is 0 Å². The molecule has 2 saturated carbocycles. The summed E-state index contributed by atoms with van der Waals surface area (Å²) in [6.45, 7) is 5.00. The maximum atomic E-state index is 2.51. The van der Waals surface area contributed by atoms with E-state index in [1.807, 2.05) is 0 Å². The molecular weight excluding hydrogens is 228 g/mol. The molecule has 0 aromatic heterocycles. The second kappa shape index (κ2) is 3.85. The average Bonchev–Trinajstić information content (AvgIpc) is 2.92. The standard InChI is InChI=1S/C19H22/c1-13-18(17-9-10-19(13,2)12-17)16-8-7-14-5-3-4-6-15(14)11-16/h3-8,11,13,17-18H,9-10,12H2,1-2H3. The molecule has 19 heavy (non-hydrogen) atoms. The van der Waals surface area contributed by atoms with Crippen molar-refractivity contribution in [2.75, 3.05) is 0 Å². The first-order valence-corrected chi connectivity index (χ1v) is 7.66. The largest absolute Gasteiger partial charge is 0.0616 e. The summed E-state index contributed by atoms with van der Waals surface area (Å²) >= 11 is 0. The van der Waals surface area contributed by atoms with E-state index in [9.17, 15) is 0 Å². The van der Waals surface area contributed by atoms with Gasteiger partial charge in [-0.2, -0.15) is 0 Å². The fraction of sp³-hybridized carbons (Fsp3) is 0.474. The molecule has 2 aliphatic rings. The van der Waals surface area contributed by atoms with Gasteiger partial charge in [0.2, 0.25) is 0 Å². The first-order chi connectivity index (χ1) is 9.17. The van der Waals surface area contributed by atoms with Crippen LogP contribution in [0.2, 0.25) is 0 Å². The molecule has 0 aliphatic heterocycles. The van der Waals surface area contributed by atoms with Crippen molar-refractivity contribution in [3.63, 3.8) is 0 Å². The second-order valence-electron chi connectivity index (χ2n) is 7.08. The average molecular weight is 250 g/mol. The highest BCUT2D eigenvalue weighted by Crippen LogP contribution is 2.63. The summed E-state index contributed by atoms with van der Waals surface area (Å²) in [5, 5.41) is 2.77. The van der Waals surface area contributed by atoms with E-state index in [1.165, 1.54) is 30.0 Å². The normalized spacial score (nSPS) is 37.1. The van der Waals surface area contributed by atoms with Crippen molar-refractivity contribution in [1.82, 2.24) is 0 Å². The lowest BCUT2D eigenvalue weighted by Gasteiger charge is -2.35. The van der Waals surface area contributed by atoms with Crippen molar-refractivity contribution in [3.8, 4) is 0 Å². The molecule has 4 unspecified atom stereocenters. The first kappa shape index (κ1) is 11.5. The third-order valence-electron chi connectivity index (χ3n) is 6.12. The molecule has 4 atom stereocenters. The molecule has 0 nitrogen and oxygen atoms in total. The van der Waals surface area contributed by atoms with Gasteiger partial charge in [0.1, 0.15) is 0 Å². The van der Waals surface area contributed by atoms with E-state index in [1.54, 1.807) is 5.56 Å². The molecule has 0 amide bonds. The van der Waals surface area contributed by atoms with E-state index in [2.05, 4.69) is 56.3 Å². The SMILES string of the molecule is CC1C(c2ccc3ccccc3c2)C2CCC1(C)C2. The third-order valence-corrected chi connectivity index (χ3v) is 6.12. The van der Waals surface area contributed by atoms with Crippen LogP contribution in [0.4, 0.5) is 0 Å². The summed E-state index contributed by atoms with van der Waals surface area (Å²) in [7, 11) is 0. The molecule has 0 N–H and O–H groups in total. The Morgan fingerprint density at radius 2 is 1.84 bits per heavy atom. The molecule has 0 heterocycles. The number of hydrogen-bond acceptors (Lipinski definition) is 0. The summed E-state index contributed by atoms with van der Waals surface area (Å²) in [5.41, 5.74) is 2.20. The lowest BCUT2D eigenvalue weighted by molar-refractivity contribution is 0.205. The van der Waals surface area contributed by atoms with Gasteiger partial charge in [0, 0.05) is 0 Å². The Hall–Kier alpha value is -1.30. The minimum atomic E-state index is 0.612. The van der Waals surface area contributed by atoms with E-state index in [0.717, 1.165) is 17.8 Å². The summed E-state index contributed by atoms with van der Waals surface area (Å²) in [6.07, 6.45) is 4.34. The van der Waals surface area contributed by atoms with Crippen LogP contribution >= 0.6 is 0 Å². The molecule has 0 saturated heterocycles. The molecular formula is C19H22. The van der Waals surface area contributed by atoms with Crippen molar-refractivity contribution in [1.29, 1.82) is 0 Å². The fourth-order valence-electron chi connectivity index (χ4n) is 4.86. The van der Waals surface area contributed by atoms with Crippen LogP contribution in [0.25, 0.3) is 10.8 Å². The topological polar surface area (TPSA) is 0 Å². The van der Waals surface area contributed by atoms with Crippen LogP contribution in [-0.2, 0) is 0 Å². The predicted molar refractivity (Wildman–Crippen MR) is 81.3 cm³/mol. The van der Waals surface area contributed by atoms with E-state index >= 15 is 0 Å². The summed E-state index contributed by atoms with van der Waals surface area (Å²) in [6, 6.07) is 15.9. The third kappa shape index (κ3) is 1.59. The van der Waals surface area contributed by atoms with Gasteiger partial charge in [-0.1, -0.05) is 56.3 Å². The van der Waals surface area contributed by atoms with Gasteiger partial charge in [-0.05, 0) is 58.8 Å². The van der Waals surface area contributed by atoms with Crippen LogP contribution in [0, 0.1) is 17.3 Å². The van der Waals surface area contributed by atoms with E-state index in [-0.39, 0.29) is 0 Å². The molecule has 2 aromatic carbocycles. The van der Waals surface area contributed by atoms with Crippen LogP contribution in [0.3, 0.4) is 0 Å². The van der Waals surface area contributed by atoms with Gasteiger partial charge in [0.15, 0.2) is 0 Å². The maximum Gasteiger partial charge on any atom is -0.0102 e. The Kier molecular flexibility index (Phi) is 2.33. The monoisotopic (exact) mass is 250 g/mol. The van der Waals surface area contributed by atoms with Gasteiger partial charge < -0.3 is 0 Å². The Morgan fingerprint density at radius 1 is 1.05 bits per heavy atom. The van der Waals surface area contributed by atoms with Crippen LogP contribution in [0.5, 0.6) is 0 Å². The number of fused-ring (bicyclic) bond motifs is 3. The lowest BCUT2D eigenvalue weighted by atomic mass is 9.70. The Bertz CT molecular complexity index is 627. The van der Waals surface area contributed by atoms with E-state index in [0.29, 0.717) is 5.41 Å². The number of hydrogen-bond donors (Lipinski definition) is 0. The van der Waals surface area contributed by atoms with Crippen molar-refractivity contribution in [2.45, 2.75) is 39.0 Å². The number of benzene rings is 2. The van der Waals surface area contributed by atoms with E-state index in [4.69, 9.17) is 0 Å². The minimum absolute atomic E-state index is 0.612. The van der Waals surface area contributed by atoms with Crippen LogP contribution < -0.4 is 0 Å². The first-order valence-electron chi connectivity index (χ1n) is 7.66. The lowest BCUT2D eigenvalue weighted by Crippen LogP contribution is -2.24. The smallest absolute Gasteiger partial charge is 0.0102 e. The summed E-state index contributed by atoms with van der Waals surface area (Å²) < 4.78 is 0. The Balaban J connectivity index is 1.79. The zero-order valence-corrected chi connectivity index (χ0v) is 11.9. The molecule has 0 spiro atoms. The zero-order valence-electron chi connectivity index (χ0n) is 11.9. The molecule has 2 bridgehead atoms. The van der Waals surface area contributed by atoms with Crippen molar-refractivity contribution in [3.05, 3.63) is 48.0 Å². The highest BCUT2D eigenvalue weighted by Gasteiger charge is 2.53. The second-order valence-corrected chi connectivity index (χ2v) is 7.08. The molecule has 0 radical (unpaired) electrons. The summed E-state index contributed by atoms with van der Waals surface area (Å²) in [4.78, 5) is 0. The van der Waals surface area contributed by atoms with Gasteiger partial charge in [0.05, 0.1) is 0 Å². The highest BCUT2D eigenvalue weighted by atomic mass is 14.6. The number of rotatable bonds is 1. The predicted octanol–water partition coefficient (Wildman–Crippen LogP) is 5.38. The van der Waals surface area contributed by atoms with Gasteiger partial charge >= 0.3 is 0 Å². The van der Waals surface area contributed by atoms with Crippen LogP contribution in [-0.4, -0.2) is 0 Å². The molecule has 2 fully saturated rings. The van der Waals surface area contributed by atoms with Crippen LogP contribution in [0.1, 0.15) is 44.6 Å². The Morgan fingerprint density at radius 3 is 2.58 bits per heavy atom. The van der Waals surface area contributed by atoms with E-state index < -0.39 is 0 Å². The van der Waals surface area contributed by atoms with Crippen molar-refractivity contribution >= 4 is 10.8 Å². The fourth-order valence-corrected chi connectivity index (χ4v) is 4.86. The molecule has 2 aromatic rings. The molecule has 2 aliphatic carbocycles. The van der Waals surface area contributed by atoms with Crippen molar-refractivity contribution in [2.24, 2.45) is 17.3 Å². The van der Waals surface area contributed by atoms with Crippen LogP contribution in [0.15, 0.2) is 42.5 Å². The molecule has 0 heteroatoms. The van der Waals surface area contributed by atoms with Gasteiger partial charge in [-0.3, -0.25) is 0 Å². The van der Waals surface area contributed by atoms with Crippen molar-refractivity contribution < 1.29 is 0 Å². The highest BCUT2D eigenvalue weighted by molar-refractivity contribution is 5.83. The molecule has 4 rings (SSSR count). The molecule has 98 valence electrons. The Labute approximate surface area is 115 Å². The quantitative estimate of drug-likeness (QED) is 0.637. The van der Waals surface area contributed by atoms with Gasteiger partial charge in [-0.15, -0.1) is 0 Å². The summed E-state index contributed by atoms with van der Waals surface area (Å²) in [5.74, 6) is 2.57.